The van der Waals surface area contributed by atoms with Crippen LogP contribution in [0.5, 0.6) is 0 Å². The van der Waals surface area contributed by atoms with E-state index in [0.29, 0.717) is 0 Å². The fourth-order valence-corrected chi connectivity index (χ4v) is 3.39. The summed E-state index contributed by atoms with van der Waals surface area (Å²) in [7, 11) is 1.69. The number of anilines is 3. The summed E-state index contributed by atoms with van der Waals surface area (Å²) in [5, 5.41) is 8.22. The molecule has 0 saturated carbocycles. The van der Waals surface area contributed by atoms with Gasteiger partial charge in [0.15, 0.2) is 0 Å². The number of hydrogen-bond donors (Lipinski definition) is 3. The van der Waals surface area contributed by atoms with Crippen molar-refractivity contribution in [3.05, 3.63) is 84.3 Å². The molecule has 5 nitrogen and oxygen atoms in total. The van der Waals surface area contributed by atoms with E-state index in [4.69, 9.17) is 4.74 Å². The number of ether oxygens (including phenoxy) is 1. The van der Waals surface area contributed by atoms with Gasteiger partial charge in [0.25, 0.3) is 0 Å². The third kappa shape index (κ3) is 4.58. The van der Waals surface area contributed by atoms with Gasteiger partial charge in [-0.2, -0.15) is 0 Å². The summed E-state index contributed by atoms with van der Waals surface area (Å²) < 4.78 is 5.34. The van der Waals surface area contributed by atoms with E-state index in [2.05, 4.69) is 75.3 Å². The van der Waals surface area contributed by atoms with Gasteiger partial charge in [0.1, 0.15) is 0 Å². The summed E-state index contributed by atoms with van der Waals surface area (Å²) in [6.07, 6.45) is 4.85. The van der Waals surface area contributed by atoms with E-state index in [1.54, 1.807) is 13.3 Å². The van der Waals surface area contributed by atoms with E-state index in [0.717, 1.165) is 35.7 Å². The van der Waals surface area contributed by atoms with Crippen LogP contribution < -0.4 is 10.6 Å². The highest BCUT2D eigenvalue weighted by molar-refractivity contribution is 5.83. The van der Waals surface area contributed by atoms with E-state index in [9.17, 15) is 0 Å². The highest BCUT2D eigenvalue weighted by atomic mass is 16.5. The molecule has 29 heavy (non-hydrogen) atoms. The summed E-state index contributed by atoms with van der Waals surface area (Å²) in [4.78, 5) is 7.70. The van der Waals surface area contributed by atoms with Gasteiger partial charge in [0, 0.05) is 54.0 Å². The summed E-state index contributed by atoms with van der Waals surface area (Å²) >= 11 is 0. The van der Waals surface area contributed by atoms with Gasteiger partial charge < -0.3 is 20.4 Å². The molecule has 0 aliphatic rings. The van der Waals surface area contributed by atoms with Crippen LogP contribution in [0.4, 0.5) is 17.1 Å². The molecule has 0 fully saturated rings. The van der Waals surface area contributed by atoms with Gasteiger partial charge in [0.05, 0.1) is 11.8 Å². The van der Waals surface area contributed by atoms with Crippen LogP contribution in [-0.2, 0) is 11.2 Å². The first kappa shape index (κ1) is 19.0. The third-order valence-corrected chi connectivity index (χ3v) is 5.12. The molecule has 2 aromatic heterocycles. The third-order valence-electron chi connectivity index (χ3n) is 5.12. The lowest BCUT2D eigenvalue weighted by Crippen LogP contribution is -2.04. The van der Waals surface area contributed by atoms with Gasteiger partial charge in [-0.3, -0.25) is 4.98 Å². The van der Waals surface area contributed by atoms with E-state index in [1.165, 1.54) is 16.5 Å². The number of hydrogen-bond acceptors (Lipinski definition) is 4. The number of aromatic nitrogens is 2. The van der Waals surface area contributed by atoms with E-state index < -0.39 is 0 Å². The standard InChI is InChI=1S/C24H26N4O/c1-17(29-2)24-15-21(12-14-26-24)28-20-9-7-19(8-10-20)25-13-11-18-16-27-23-6-4-3-5-22(18)23/h3-10,12,14-17,25,27H,11,13H2,1-2H3,(H,26,28). The molecule has 3 N–H and O–H groups in total. The van der Waals surface area contributed by atoms with Gasteiger partial charge in [-0.15, -0.1) is 0 Å². The Kier molecular flexibility index (Phi) is 5.77. The smallest absolute Gasteiger partial charge is 0.0963 e. The van der Waals surface area contributed by atoms with Gasteiger partial charge >= 0.3 is 0 Å². The molecule has 0 bridgehead atoms. The average molecular weight is 386 g/mol. The van der Waals surface area contributed by atoms with E-state index in [1.807, 2.05) is 19.1 Å². The highest BCUT2D eigenvalue weighted by Gasteiger charge is 2.06. The Balaban J connectivity index is 1.33. The molecule has 4 aromatic rings. The predicted octanol–water partition coefficient (Wildman–Crippen LogP) is 5.67. The molecule has 0 spiro atoms. The van der Waals surface area contributed by atoms with Crippen molar-refractivity contribution in [2.45, 2.75) is 19.4 Å². The Morgan fingerprint density at radius 1 is 1.00 bits per heavy atom. The van der Waals surface area contributed by atoms with Crippen LogP contribution >= 0.6 is 0 Å². The molecule has 1 atom stereocenters. The minimum atomic E-state index is -0.0273. The SMILES string of the molecule is COC(C)c1cc(Nc2ccc(NCCc3c[nH]c4ccccc34)cc2)ccn1. The number of nitrogens with one attached hydrogen (secondary N) is 3. The van der Waals surface area contributed by atoms with Crippen LogP contribution in [0.2, 0.25) is 0 Å². The molecule has 5 heteroatoms. The summed E-state index contributed by atoms with van der Waals surface area (Å²) in [6.45, 7) is 2.88. The van der Waals surface area contributed by atoms with Gasteiger partial charge in [0.2, 0.25) is 0 Å². The number of pyridine rings is 1. The van der Waals surface area contributed by atoms with Crippen LogP contribution in [0, 0.1) is 0 Å². The summed E-state index contributed by atoms with van der Waals surface area (Å²) in [5.74, 6) is 0. The van der Waals surface area contributed by atoms with Crippen LogP contribution in [0.25, 0.3) is 10.9 Å². The zero-order chi connectivity index (χ0) is 20.1. The lowest BCUT2D eigenvalue weighted by atomic mass is 10.1. The van der Waals surface area contributed by atoms with Crippen LogP contribution in [0.15, 0.2) is 73.1 Å². The van der Waals surface area contributed by atoms with Gasteiger partial charge in [-0.05, 0) is 61.4 Å². The maximum atomic E-state index is 5.34. The van der Waals surface area contributed by atoms with Crippen LogP contribution in [0.3, 0.4) is 0 Å². The van der Waals surface area contributed by atoms with Crippen molar-refractivity contribution in [3.63, 3.8) is 0 Å². The number of benzene rings is 2. The van der Waals surface area contributed by atoms with Gasteiger partial charge in [-0.25, -0.2) is 0 Å². The molecule has 148 valence electrons. The van der Waals surface area contributed by atoms with Crippen molar-refractivity contribution in [2.75, 3.05) is 24.3 Å². The number of aromatic amines is 1. The first-order valence-corrected chi connectivity index (χ1v) is 9.87. The van der Waals surface area contributed by atoms with Crippen molar-refractivity contribution in [3.8, 4) is 0 Å². The number of para-hydroxylation sites is 1. The normalized spacial score (nSPS) is 12.1. The predicted molar refractivity (Wildman–Crippen MR) is 120 cm³/mol. The number of rotatable bonds is 8. The largest absolute Gasteiger partial charge is 0.385 e. The van der Waals surface area contributed by atoms with Crippen molar-refractivity contribution in [1.82, 2.24) is 9.97 Å². The molecule has 0 aliphatic carbocycles. The zero-order valence-electron chi connectivity index (χ0n) is 16.8. The summed E-state index contributed by atoms with van der Waals surface area (Å²) in [5.41, 5.74) is 6.59. The molecule has 0 aliphatic heterocycles. The zero-order valence-corrected chi connectivity index (χ0v) is 16.8. The van der Waals surface area contributed by atoms with E-state index in [-0.39, 0.29) is 6.10 Å². The Morgan fingerprint density at radius 3 is 2.62 bits per heavy atom. The minimum absolute atomic E-state index is 0.0273. The van der Waals surface area contributed by atoms with E-state index >= 15 is 0 Å². The van der Waals surface area contributed by atoms with Crippen LogP contribution in [-0.4, -0.2) is 23.6 Å². The molecule has 1 unspecified atom stereocenters. The maximum absolute atomic E-state index is 5.34. The van der Waals surface area contributed by atoms with Crippen molar-refractivity contribution in [1.29, 1.82) is 0 Å². The number of fused-ring (bicyclic) bond motifs is 1. The van der Waals surface area contributed by atoms with Crippen molar-refractivity contribution < 1.29 is 4.74 Å². The maximum Gasteiger partial charge on any atom is 0.0963 e. The van der Waals surface area contributed by atoms with Crippen LogP contribution in [0.1, 0.15) is 24.3 Å². The second kappa shape index (κ2) is 8.80. The first-order valence-electron chi connectivity index (χ1n) is 9.87. The topological polar surface area (TPSA) is 62.0 Å². The second-order valence-electron chi connectivity index (χ2n) is 7.09. The Labute approximate surface area is 171 Å². The molecular formula is C24H26N4O. The molecular weight excluding hydrogens is 360 g/mol. The number of methoxy groups -OCH3 is 1. The Bertz CT molecular complexity index is 1070. The number of H-pyrrole nitrogens is 1. The first-order chi connectivity index (χ1) is 14.2. The second-order valence-corrected chi connectivity index (χ2v) is 7.09. The molecule has 2 heterocycles. The minimum Gasteiger partial charge on any atom is -0.385 e. The molecule has 2 aromatic carbocycles. The Hall–Kier alpha value is -3.31. The van der Waals surface area contributed by atoms with Gasteiger partial charge in [-0.1, -0.05) is 18.2 Å². The average Bonchev–Trinajstić information content (AvgIpc) is 3.18. The lowest BCUT2D eigenvalue weighted by molar-refractivity contribution is 0.116. The molecule has 0 radical (unpaired) electrons. The lowest BCUT2D eigenvalue weighted by Gasteiger charge is -2.12. The Morgan fingerprint density at radius 2 is 1.79 bits per heavy atom. The quantitative estimate of drug-likeness (QED) is 0.365. The van der Waals surface area contributed by atoms with Crippen molar-refractivity contribution in [2.24, 2.45) is 0 Å². The molecule has 0 amide bonds. The highest BCUT2D eigenvalue weighted by Crippen LogP contribution is 2.22. The molecule has 0 saturated heterocycles. The summed E-state index contributed by atoms with van der Waals surface area (Å²) in [6, 6.07) is 20.7. The fourth-order valence-electron chi connectivity index (χ4n) is 3.39. The van der Waals surface area contributed by atoms with Crippen molar-refractivity contribution >= 4 is 28.0 Å². The molecule has 4 rings (SSSR count). The fraction of sp³-hybridized carbons (Fsp3) is 0.208. The number of nitrogens with zero attached hydrogens (tertiary/aromatic N) is 1. The monoisotopic (exact) mass is 386 g/mol.